The smallest absolute Gasteiger partial charge is 0.306 e. The Balaban J connectivity index is 1.77. The Labute approximate surface area is 112 Å². The Morgan fingerprint density at radius 1 is 1.26 bits per heavy atom. The number of aliphatic carboxylic acids is 1. The normalized spacial score (nSPS) is 16.3. The predicted molar refractivity (Wildman–Crippen MR) is 69.5 cm³/mol. The molecule has 0 aliphatic carbocycles. The lowest BCUT2D eigenvalue weighted by atomic mass is 9.97. The molecule has 1 aliphatic heterocycles. The molecule has 102 valence electrons. The molecule has 2 rings (SSSR count). The number of aryl methyl sites for hydroxylation is 1. The number of rotatable bonds is 4. The molecule has 1 amide bonds. The van der Waals surface area contributed by atoms with Crippen LogP contribution in [0.3, 0.4) is 0 Å². The Bertz CT molecular complexity index is 439. The summed E-state index contributed by atoms with van der Waals surface area (Å²) in [5.41, 5.74) is 1.10. The summed E-state index contributed by atoms with van der Waals surface area (Å²) in [6.45, 7) is 1.12. The van der Waals surface area contributed by atoms with E-state index in [9.17, 15) is 9.59 Å². The van der Waals surface area contributed by atoms with E-state index in [1.807, 2.05) is 12.1 Å². The molecule has 1 saturated heterocycles. The maximum atomic E-state index is 12.0. The minimum absolute atomic E-state index is 0.112. The number of hydrogen-bond donors (Lipinski definition) is 1. The Morgan fingerprint density at radius 3 is 2.47 bits per heavy atom. The van der Waals surface area contributed by atoms with Crippen LogP contribution in [0.2, 0.25) is 0 Å². The van der Waals surface area contributed by atoms with Crippen molar-refractivity contribution >= 4 is 11.9 Å². The molecule has 1 aromatic rings. The molecule has 0 saturated carbocycles. The van der Waals surface area contributed by atoms with Gasteiger partial charge in [-0.2, -0.15) is 0 Å². The second-order valence-electron chi connectivity index (χ2n) is 4.85. The highest BCUT2D eigenvalue weighted by Gasteiger charge is 2.26. The highest BCUT2D eigenvalue weighted by Crippen LogP contribution is 2.18. The largest absolute Gasteiger partial charge is 0.481 e. The first-order valence-electron chi connectivity index (χ1n) is 6.56. The molecule has 2 heterocycles. The summed E-state index contributed by atoms with van der Waals surface area (Å²) in [6.07, 6.45) is 5.75. The highest BCUT2D eigenvalue weighted by molar-refractivity contribution is 5.77. The first-order chi connectivity index (χ1) is 9.16. The van der Waals surface area contributed by atoms with Crippen LogP contribution in [0.4, 0.5) is 0 Å². The van der Waals surface area contributed by atoms with E-state index in [1.54, 1.807) is 17.3 Å². The number of hydrogen-bond acceptors (Lipinski definition) is 3. The number of piperidine rings is 1. The van der Waals surface area contributed by atoms with E-state index in [0.29, 0.717) is 38.8 Å². The van der Waals surface area contributed by atoms with E-state index < -0.39 is 5.97 Å². The zero-order chi connectivity index (χ0) is 13.7. The van der Waals surface area contributed by atoms with Gasteiger partial charge in [-0.1, -0.05) is 0 Å². The topological polar surface area (TPSA) is 70.5 Å². The molecule has 5 nitrogen and oxygen atoms in total. The molecule has 5 heteroatoms. The molecule has 0 unspecified atom stereocenters. The maximum absolute atomic E-state index is 12.0. The minimum Gasteiger partial charge on any atom is -0.481 e. The molecule has 1 fully saturated rings. The van der Waals surface area contributed by atoms with E-state index in [2.05, 4.69) is 4.98 Å². The van der Waals surface area contributed by atoms with Crippen LogP contribution < -0.4 is 0 Å². The van der Waals surface area contributed by atoms with Crippen molar-refractivity contribution < 1.29 is 14.7 Å². The summed E-state index contributed by atoms with van der Waals surface area (Å²) >= 11 is 0. The van der Waals surface area contributed by atoms with Crippen LogP contribution in [0.5, 0.6) is 0 Å². The van der Waals surface area contributed by atoms with Crippen LogP contribution in [0.25, 0.3) is 0 Å². The number of carbonyl (C=O) groups is 2. The van der Waals surface area contributed by atoms with Gasteiger partial charge in [0.2, 0.25) is 5.91 Å². The molecule has 0 bridgehead atoms. The molecule has 0 radical (unpaired) electrons. The summed E-state index contributed by atoms with van der Waals surface area (Å²) < 4.78 is 0. The monoisotopic (exact) mass is 262 g/mol. The summed E-state index contributed by atoms with van der Waals surface area (Å²) in [7, 11) is 0. The van der Waals surface area contributed by atoms with Gasteiger partial charge in [0, 0.05) is 31.9 Å². The van der Waals surface area contributed by atoms with Crippen molar-refractivity contribution in [1.82, 2.24) is 9.88 Å². The van der Waals surface area contributed by atoms with Gasteiger partial charge in [-0.15, -0.1) is 0 Å². The van der Waals surface area contributed by atoms with Gasteiger partial charge in [-0.05, 0) is 37.0 Å². The fourth-order valence-corrected chi connectivity index (χ4v) is 2.33. The first kappa shape index (κ1) is 13.5. The summed E-state index contributed by atoms with van der Waals surface area (Å²) in [5.74, 6) is -0.922. The Hall–Kier alpha value is -1.91. The van der Waals surface area contributed by atoms with Crippen molar-refractivity contribution in [1.29, 1.82) is 0 Å². The van der Waals surface area contributed by atoms with Gasteiger partial charge in [0.1, 0.15) is 0 Å². The van der Waals surface area contributed by atoms with E-state index in [0.717, 1.165) is 5.56 Å². The zero-order valence-electron chi connectivity index (χ0n) is 10.8. The number of carbonyl (C=O) groups excluding carboxylic acids is 1. The molecule has 0 spiro atoms. The van der Waals surface area contributed by atoms with Crippen LogP contribution in [0.1, 0.15) is 24.8 Å². The minimum atomic E-state index is -0.746. The molecular weight excluding hydrogens is 244 g/mol. The van der Waals surface area contributed by atoms with Gasteiger partial charge >= 0.3 is 5.97 Å². The zero-order valence-corrected chi connectivity index (χ0v) is 10.8. The van der Waals surface area contributed by atoms with Crippen molar-refractivity contribution in [2.24, 2.45) is 5.92 Å². The van der Waals surface area contributed by atoms with Crippen LogP contribution >= 0.6 is 0 Å². The van der Waals surface area contributed by atoms with E-state index in [4.69, 9.17) is 5.11 Å². The fraction of sp³-hybridized carbons (Fsp3) is 0.500. The van der Waals surface area contributed by atoms with Gasteiger partial charge < -0.3 is 10.0 Å². The van der Waals surface area contributed by atoms with Gasteiger partial charge in [0.05, 0.1) is 5.92 Å². The SMILES string of the molecule is O=C(O)C1CCN(C(=O)CCc2ccncc2)CC1. The number of nitrogens with zero attached hydrogens (tertiary/aromatic N) is 2. The highest BCUT2D eigenvalue weighted by atomic mass is 16.4. The maximum Gasteiger partial charge on any atom is 0.306 e. The molecule has 19 heavy (non-hydrogen) atoms. The third kappa shape index (κ3) is 3.77. The quantitative estimate of drug-likeness (QED) is 0.888. The Kier molecular flexibility index (Phi) is 4.49. The van der Waals surface area contributed by atoms with Gasteiger partial charge in [-0.3, -0.25) is 14.6 Å². The molecule has 0 atom stereocenters. The van der Waals surface area contributed by atoms with Crippen molar-refractivity contribution in [3.63, 3.8) is 0 Å². The van der Waals surface area contributed by atoms with Crippen LogP contribution in [-0.4, -0.2) is 40.0 Å². The van der Waals surface area contributed by atoms with Gasteiger partial charge in [0.25, 0.3) is 0 Å². The lowest BCUT2D eigenvalue weighted by molar-refractivity contribution is -0.145. The lowest BCUT2D eigenvalue weighted by Gasteiger charge is -2.30. The van der Waals surface area contributed by atoms with Crippen LogP contribution in [0, 0.1) is 5.92 Å². The van der Waals surface area contributed by atoms with Crippen LogP contribution in [-0.2, 0) is 16.0 Å². The molecule has 1 aromatic heterocycles. The molecular formula is C14H18N2O3. The number of pyridine rings is 1. The number of amides is 1. The number of aromatic nitrogens is 1. The third-order valence-corrected chi connectivity index (χ3v) is 3.57. The lowest BCUT2D eigenvalue weighted by Crippen LogP contribution is -2.40. The average Bonchev–Trinajstić information content (AvgIpc) is 2.46. The second-order valence-corrected chi connectivity index (χ2v) is 4.85. The summed E-state index contributed by atoms with van der Waals surface area (Å²) in [5, 5.41) is 8.91. The van der Waals surface area contributed by atoms with Crippen molar-refractivity contribution in [3.8, 4) is 0 Å². The fourth-order valence-electron chi connectivity index (χ4n) is 2.33. The molecule has 0 aromatic carbocycles. The number of carboxylic acids is 1. The van der Waals surface area contributed by atoms with Crippen molar-refractivity contribution in [3.05, 3.63) is 30.1 Å². The standard InChI is InChI=1S/C14H18N2O3/c17-13(2-1-11-3-7-15-8-4-11)16-9-5-12(6-10-16)14(18)19/h3-4,7-8,12H,1-2,5-6,9-10H2,(H,18,19). The van der Waals surface area contributed by atoms with Crippen LogP contribution in [0.15, 0.2) is 24.5 Å². The average molecular weight is 262 g/mol. The van der Waals surface area contributed by atoms with Gasteiger partial charge in [-0.25, -0.2) is 0 Å². The van der Waals surface area contributed by atoms with Crippen molar-refractivity contribution in [2.45, 2.75) is 25.7 Å². The third-order valence-electron chi connectivity index (χ3n) is 3.57. The molecule has 1 aliphatic rings. The van der Waals surface area contributed by atoms with Gasteiger partial charge in [0.15, 0.2) is 0 Å². The predicted octanol–water partition coefficient (Wildman–Crippen LogP) is 1.34. The number of carboxylic acid groups (broad SMARTS) is 1. The number of likely N-dealkylation sites (tertiary alicyclic amines) is 1. The second kappa shape index (κ2) is 6.31. The summed E-state index contributed by atoms with van der Waals surface area (Å²) in [4.78, 5) is 28.6. The molecule has 1 N–H and O–H groups in total. The first-order valence-corrected chi connectivity index (χ1v) is 6.56. The van der Waals surface area contributed by atoms with Crippen molar-refractivity contribution in [2.75, 3.05) is 13.1 Å². The van der Waals surface area contributed by atoms with E-state index in [-0.39, 0.29) is 11.8 Å². The van der Waals surface area contributed by atoms with E-state index >= 15 is 0 Å². The van der Waals surface area contributed by atoms with E-state index in [1.165, 1.54) is 0 Å². The Morgan fingerprint density at radius 2 is 1.89 bits per heavy atom. The summed E-state index contributed by atoms with van der Waals surface area (Å²) in [6, 6.07) is 3.81.